The van der Waals surface area contributed by atoms with Crippen LogP contribution in [0.2, 0.25) is 18.1 Å². The van der Waals surface area contributed by atoms with Crippen LogP contribution in [0.3, 0.4) is 0 Å². The summed E-state index contributed by atoms with van der Waals surface area (Å²) in [6, 6.07) is 6.82. The third kappa shape index (κ3) is 3.57. The number of rotatable bonds is 4. The zero-order valence-corrected chi connectivity index (χ0v) is 12.9. The molecule has 0 aliphatic heterocycles. The lowest BCUT2D eigenvalue weighted by Crippen LogP contribution is -2.41. The Hall–Kier alpha value is -0.843. The lowest BCUT2D eigenvalue weighted by molar-refractivity contribution is 0.0982. The van der Waals surface area contributed by atoms with Gasteiger partial charge >= 0.3 is 0 Å². The van der Waals surface area contributed by atoms with Gasteiger partial charge in [-0.25, -0.2) is 0 Å². The summed E-state index contributed by atoms with van der Waals surface area (Å²) in [4.78, 5) is 0. The summed E-state index contributed by atoms with van der Waals surface area (Å²) in [6.45, 7) is 11.0. The van der Waals surface area contributed by atoms with Crippen LogP contribution in [0.15, 0.2) is 24.3 Å². The van der Waals surface area contributed by atoms with E-state index in [1.165, 1.54) is 0 Å². The Balaban J connectivity index is 2.68. The molecule has 3 nitrogen and oxygen atoms in total. The molecule has 0 heterocycles. The van der Waals surface area contributed by atoms with Gasteiger partial charge in [-0.2, -0.15) is 0 Å². The molecule has 0 spiro atoms. The number of hydrogen-bond acceptors (Lipinski definition) is 3. The molecular formula is C14H24O3Si. The van der Waals surface area contributed by atoms with Gasteiger partial charge < -0.3 is 14.6 Å². The maximum absolute atomic E-state index is 10.1. The van der Waals surface area contributed by atoms with Gasteiger partial charge in [0.05, 0.1) is 6.61 Å². The van der Waals surface area contributed by atoms with Crippen LogP contribution in [0.4, 0.5) is 0 Å². The van der Waals surface area contributed by atoms with E-state index >= 15 is 0 Å². The van der Waals surface area contributed by atoms with E-state index in [1.54, 1.807) is 24.3 Å². The highest BCUT2D eigenvalue weighted by Crippen LogP contribution is 2.37. The molecule has 0 fully saturated rings. The number of phenols is 1. The summed E-state index contributed by atoms with van der Waals surface area (Å²) < 4.78 is 5.94. The van der Waals surface area contributed by atoms with Gasteiger partial charge in [0, 0.05) is 5.56 Å². The van der Waals surface area contributed by atoms with Gasteiger partial charge in [0.2, 0.25) is 0 Å². The van der Waals surface area contributed by atoms with Crippen LogP contribution in [0.5, 0.6) is 5.75 Å². The van der Waals surface area contributed by atoms with Crippen LogP contribution in [0, 0.1) is 0 Å². The highest BCUT2D eigenvalue weighted by atomic mass is 28.4. The Morgan fingerprint density at radius 1 is 1.22 bits per heavy atom. The normalized spacial score (nSPS) is 14.6. The van der Waals surface area contributed by atoms with Crippen LogP contribution in [-0.4, -0.2) is 25.1 Å². The molecule has 1 aromatic rings. The second-order valence-electron chi connectivity index (χ2n) is 6.15. The van der Waals surface area contributed by atoms with Gasteiger partial charge in [-0.05, 0) is 24.2 Å². The van der Waals surface area contributed by atoms with Crippen LogP contribution in [0.25, 0.3) is 0 Å². The molecule has 18 heavy (non-hydrogen) atoms. The molecule has 0 radical (unpaired) electrons. The molecule has 102 valence electrons. The average molecular weight is 268 g/mol. The van der Waals surface area contributed by atoms with Crippen molar-refractivity contribution in [3.8, 4) is 5.75 Å². The molecule has 0 saturated heterocycles. The molecule has 1 unspecified atom stereocenters. The van der Waals surface area contributed by atoms with Gasteiger partial charge in [0.15, 0.2) is 8.32 Å². The summed E-state index contributed by atoms with van der Waals surface area (Å²) in [5, 5.41) is 19.9. The fraction of sp³-hybridized carbons (Fsp3) is 0.571. The molecule has 1 aromatic carbocycles. The van der Waals surface area contributed by atoms with E-state index in [1.807, 2.05) is 0 Å². The zero-order chi connectivity index (χ0) is 14.0. The molecule has 0 aliphatic carbocycles. The summed E-state index contributed by atoms with van der Waals surface area (Å²) >= 11 is 0. The van der Waals surface area contributed by atoms with Crippen molar-refractivity contribution in [2.45, 2.75) is 45.0 Å². The minimum Gasteiger partial charge on any atom is -0.508 e. The quantitative estimate of drug-likeness (QED) is 0.822. The number of aliphatic hydroxyl groups is 1. The standard InChI is InChI=1S/C14H24O3Si/c1-14(2,3)18(4,5)17-10-13(16)11-8-6-7-9-12(11)15/h6-9,13,15-16H,10H2,1-5H3. The first-order valence-corrected chi connectivity index (χ1v) is 9.16. The minimum atomic E-state index is -1.86. The van der Waals surface area contributed by atoms with E-state index in [4.69, 9.17) is 4.43 Å². The van der Waals surface area contributed by atoms with Crippen molar-refractivity contribution in [2.24, 2.45) is 0 Å². The van der Waals surface area contributed by atoms with Crippen molar-refractivity contribution in [1.82, 2.24) is 0 Å². The number of aromatic hydroxyl groups is 1. The maximum atomic E-state index is 10.1. The van der Waals surface area contributed by atoms with Gasteiger partial charge in [-0.15, -0.1) is 0 Å². The molecule has 1 rings (SSSR count). The Kier molecular flexibility index (Phi) is 4.59. The number of phenolic OH excluding ortho intramolecular Hbond substituents is 1. The van der Waals surface area contributed by atoms with E-state index in [0.717, 1.165) is 0 Å². The number of hydrogen-bond donors (Lipinski definition) is 2. The van der Waals surface area contributed by atoms with E-state index in [9.17, 15) is 10.2 Å². The topological polar surface area (TPSA) is 49.7 Å². The highest BCUT2D eigenvalue weighted by Gasteiger charge is 2.37. The molecule has 0 bridgehead atoms. The summed E-state index contributed by atoms with van der Waals surface area (Å²) in [7, 11) is -1.86. The van der Waals surface area contributed by atoms with Crippen molar-refractivity contribution in [3.63, 3.8) is 0 Å². The first-order valence-electron chi connectivity index (χ1n) is 6.25. The van der Waals surface area contributed by atoms with E-state index in [-0.39, 0.29) is 17.4 Å². The van der Waals surface area contributed by atoms with Gasteiger partial charge in [-0.1, -0.05) is 39.0 Å². The third-order valence-corrected chi connectivity index (χ3v) is 8.20. The zero-order valence-electron chi connectivity index (χ0n) is 11.9. The second-order valence-corrected chi connectivity index (χ2v) is 11.0. The predicted molar refractivity (Wildman–Crippen MR) is 76.2 cm³/mol. The number of benzene rings is 1. The second kappa shape index (κ2) is 5.43. The molecule has 0 aliphatic rings. The first kappa shape index (κ1) is 15.2. The molecular weight excluding hydrogens is 244 g/mol. The summed E-state index contributed by atoms with van der Waals surface area (Å²) in [6.07, 6.45) is -0.777. The van der Waals surface area contributed by atoms with E-state index in [2.05, 4.69) is 33.9 Å². The monoisotopic (exact) mass is 268 g/mol. The Morgan fingerprint density at radius 3 is 2.28 bits per heavy atom. The molecule has 4 heteroatoms. The molecule has 0 amide bonds. The van der Waals surface area contributed by atoms with Crippen molar-refractivity contribution in [3.05, 3.63) is 29.8 Å². The fourth-order valence-corrected chi connectivity index (χ4v) is 2.37. The Labute approximate surface area is 111 Å². The fourth-order valence-electron chi connectivity index (χ4n) is 1.36. The van der Waals surface area contributed by atoms with E-state index < -0.39 is 14.4 Å². The van der Waals surface area contributed by atoms with Crippen LogP contribution in [-0.2, 0) is 4.43 Å². The van der Waals surface area contributed by atoms with Gasteiger partial charge in [0.1, 0.15) is 11.9 Å². The van der Waals surface area contributed by atoms with Crippen molar-refractivity contribution in [2.75, 3.05) is 6.61 Å². The minimum absolute atomic E-state index is 0.115. The molecule has 0 aromatic heterocycles. The lowest BCUT2D eigenvalue weighted by atomic mass is 10.1. The highest BCUT2D eigenvalue weighted by molar-refractivity contribution is 6.74. The van der Waals surface area contributed by atoms with Gasteiger partial charge in [0.25, 0.3) is 0 Å². The maximum Gasteiger partial charge on any atom is 0.192 e. The average Bonchev–Trinajstić information content (AvgIpc) is 2.25. The summed E-state index contributed by atoms with van der Waals surface area (Å²) in [5.74, 6) is 0.115. The van der Waals surface area contributed by atoms with Crippen LogP contribution < -0.4 is 0 Å². The lowest BCUT2D eigenvalue weighted by Gasteiger charge is -2.36. The summed E-state index contributed by atoms with van der Waals surface area (Å²) in [5.41, 5.74) is 0.524. The predicted octanol–water partition coefficient (Wildman–Crippen LogP) is 3.45. The van der Waals surface area contributed by atoms with Crippen LogP contribution >= 0.6 is 0 Å². The van der Waals surface area contributed by atoms with E-state index in [0.29, 0.717) is 5.56 Å². The van der Waals surface area contributed by atoms with Crippen LogP contribution in [0.1, 0.15) is 32.4 Å². The third-order valence-electron chi connectivity index (χ3n) is 3.70. The smallest absolute Gasteiger partial charge is 0.192 e. The van der Waals surface area contributed by atoms with Crippen molar-refractivity contribution < 1.29 is 14.6 Å². The Morgan fingerprint density at radius 2 is 1.78 bits per heavy atom. The van der Waals surface area contributed by atoms with Crippen molar-refractivity contribution >= 4 is 8.32 Å². The molecule has 0 saturated carbocycles. The van der Waals surface area contributed by atoms with Crippen molar-refractivity contribution in [1.29, 1.82) is 0 Å². The SMILES string of the molecule is CC(C)(C)[Si](C)(C)OCC(O)c1ccccc1O. The number of aliphatic hydroxyl groups excluding tert-OH is 1. The largest absolute Gasteiger partial charge is 0.508 e. The first-order chi connectivity index (χ1) is 8.15. The molecule has 1 atom stereocenters. The Bertz CT molecular complexity index is 396. The number of para-hydroxylation sites is 1. The van der Waals surface area contributed by atoms with Gasteiger partial charge in [-0.3, -0.25) is 0 Å². The molecule has 2 N–H and O–H groups in total.